The maximum Gasteiger partial charge on any atom is 0.0956 e. The lowest BCUT2D eigenvalue weighted by molar-refractivity contribution is 0.148. The molecule has 1 aliphatic heterocycles. The van der Waals surface area contributed by atoms with Crippen molar-refractivity contribution in [1.82, 2.24) is 29.4 Å². The monoisotopic (exact) mass is 474 g/mol. The summed E-state index contributed by atoms with van der Waals surface area (Å²) in [7, 11) is 8.68. The summed E-state index contributed by atoms with van der Waals surface area (Å²) >= 11 is 0. The van der Waals surface area contributed by atoms with Crippen LogP contribution in [0.5, 0.6) is 0 Å². The van der Waals surface area contributed by atoms with Gasteiger partial charge in [-0.25, -0.2) is 4.68 Å². The molecule has 0 spiro atoms. The van der Waals surface area contributed by atoms with Crippen LogP contribution < -0.4 is 0 Å². The summed E-state index contributed by atoms with van der Waals surface area (Å²) in [6.45, 7) is 10.9. The third kappa shape index (κ3) is 7.24. The van der Waals surface area contributed by atoms with Crippen molar-refractivity contribution in [2.75, 3.05) is 67.5 Å². The molecule has 4 rings (SSSR count). The van der Waals surface area contributed by atoms with Gasteiger partial charge in [0.25, 0.3) is 0 Å². The SMILES string of the molecule is Cc1cn(-c2cccc(CN3CCN(C)CC3)c2)nc1-c1cccc(CN(C)CCCN(C)C)c1. The molecule has 35 heavy (non-hydrogen) atoms. The molecule has 0 atom stereocenters. The third-order valence-electron chi connectivity index (χ3n) is 6.87. The zero-order valence-electron chi connectivity index (χ0n) is 22.2. The second kappa shape index (κ2) is 12.0. The van der Waals surface area contributed by atoms with Crippen LogP contribution >= 0.6 is 0 Å². The highest BCUT2D eigenvalue weighted by Gasteiger charge is 2.15. The minimum absolute atomic E-state index is 0.954. The number of nitrogens with zero attached hydrogens (tertiary/aromatic N) is 6. The maximum atomic E-state index is 5.01. The lowest BCUT2D eigenvalue weighted by atomic mass is 10.1. The Hall–Kier alpha value is -2.51. The molecular formula is C29H42N6. The van der Waals surface area contributed by atoms with Crippen LogP contribution in [0.2, 0.25) is 0 Å². The average molecular weight is 475 g/mol. The van der Waals surface area contributed by atoms with Gasteiger partial charge < -0.3 is 14.7 Å². The van der Waals surface area contributed by atoms with Crippen LogP contribution in [0.15, 0.2) is 54.7 Å². The summed E-state index contributed by atoms with van der Waals surface area (Å²) in [6.07, 6.45) is 3.34. The minimum atomic E-state index is 0.954. The fraction of sp³-hybridized carbons (Fsp3) is 0.483. The second-order valence-electron chi connectivity index (χ2n) is 10.4. The first kappa shape index (κ1) is 25.6. The Labute approximate surface area is 211 Å². The standard InChI is InChI=1S/C29H42N6/c1-24-21-35(28-12-7-10-26(20-28)23-34-17-15-32(4)16-18-34)30-29(24)27-11-6-9-25(19-27)22-33(5)14-8-13-31(2)3/h6-7,9-12,19-21H,8,13-18,22-23H2,1-5H3. The smallest absolute Gasteiger partial charge is 0.0956 e. The molecule has 0 saturated carbocycles. The van der Waals surface area contributed by atoms with Crippen LogP contribution in [-0.4, -0.2) is 96.8 Å². The molecule has 0 amide bonds. The number of hydrogen-bond donors (Lipinski definition) is 0. The van der Waals surface area contributed by atoms with Crippen molar-refractivity contribution in [1.29, 1.82) is 0 Å². The van der Waals surface area contributed by atoms with Gasteiger partial charge in [-0.3, -0.25) is 4.90 Å². The molecule has 3 aromatic rings. The van der Waals surface area contributed by atoms with E-state index >= 15 is 0 Å². The summed E-state index contributed by atoms with van der Waals surface area (Å²) in [5.74, 6) is 0. The number of benzene rings is 2. The molecule has 1 saturated heterocycles. The summed E-state index contributed by atoms with van der Waals surface area (Å²) in [6, 6.07) is 17.7. The van der Waals surface area contributed by atoms with Crippen molar-refractivity contribution in [2.45, 2.75) is 26.4 Å². The first-order valence-corrected chi connectivity index (χ1v) is 12.9. The number of likely N-dealkylation sites (N-methyl/N-ethyl adjacent to an activating group) is 1. The number of piperazine rings is 1. The molecule has 1 aliphatic rings. The quantitative estimate of drug-likeness (QED) is 0.444. The van der Waals surface area contributed by atoms with E-state index in [0.717, 1.165) is 63.7 Å². The Bertz CT molecular complexity index is 1080. The predicted octanol–water partition coefficient (Wildman–Crippen LogP) is 3.98. The normalized spacial score (nSPS) is 15.4. The number of aromatic nitrogens is 2. The molecule has 1 fully saturated rings. The highest BCUT2D eigenvalue weighted by Crippen LogP contribution is 2.25. The van der Waals surface area contributed by atoms with E-state index in [1.807, 2.05) is 4.68 Å². The van der Waals surface area contributed by atoms with Crippen LogP contribution in [0.1, 0.15) is 23.1 Å². The van der Waals surface area contributed by atoms with Gasteiger partial charge in [0.15, 0.2) is 0 Å². The van der Waals surface area contributed by atoms with Gasteiger partial charge in [-0.1, -0.05) is 30.3 Å². The van der Waals surface area contributed by atoms with Crippen molar-refractivity contribution in [3.05, 3.63) is 71.4 Å². The summed E-state index contributed by atoms with van der Waals surface area (Å²) < 4.78 is 2.04. The Balaban J connectivity index is 1.45. The number of hydrogen-bond acceptors (Lipinski definition) is 5. The van der Waals surface area contributed by atoms with Crippen LogP contribution in [0.25, 0.3) is 16.9 Å². The molecule has 188 valence electrons. The first-order valence-electron chi connectivity index (χ1n) is 12.9. The molecule has 2 heterocycles. The topological polar surface area (TPSA) is 30.8 Å². The Morgan fingerprint density at radius 2 is 1.63 bits per heavy atom. The van der Waals surface area contributed by atoms with E-state index in [9.17, 15) is 0 Å². The van der Waals surface area contributed by atoms with Gasteiger partial charge in [0.1, 0.15) is 0 Å². The molecule has 0 radical (unpaired) electrons. The van der Waals surface area contributed by atoms with Gasteiger partial charge >= 0.3 is 0 Å². The highest BCUT2D eigenvalue weighted by molar-refractivity contribution is 5.63. The van der Waals surface area contributed by atoms with Crippen molar-refractivity contribution >= 4 is 0 Å². The van der Waals surface area contributed by atoms with E-state index in [2.05, 4.69) is 109 Å². The number of aryl methyl sites for hydroxylation is 1. The van der Waals surface area contributed by atoms with E-state index in [0.29, 0.717) is 0 Å². The van der Waals surface area contributed by atoms with Gasteiger partial charge in [0.2, 0.25) is 0 Å². The van der Waals surface area contributed by atoms with E-state index in [1.54, 1.807) is 0 Å². The lowest BCUT2D eigenvalue weighted by Gasteiger charge is -2.32. The third-order valence-corrected chi connectivity index (χ3v) is 6.87. The Morgan fingerprint density at radius 3 is 2.40 bits per heavy atom. The molecule has 6 nitrogen and oxygen atoms in total. The molecule has 0 bridgehead atoms. The van der Waals surface area contributed by atoms with Gasteiger partial charge in [0.05, 0.1) is 11.4 Å². The Kier molecular flexibility index (Phi) is 8.74. The van der Waals surface area contributed by atoms with Gasteiger partial charge in [-0.05, 0) is 89.5 Å². The zero-order chi connectivity index (χ0) is 24.8. The van der Waals surface area contributed by atoms with Crippen molar-refractivity contribution < 1.29 is 0 Å². The summed E-state index contributed by atoms with van der Waals surface area (Å²) in [5.41, 5.74) is 7.26. The Morgan fingerprint density at radius 1 is 0.886 bits per heavy atom. The van der Waals surface area contributed by atoms with Crippen LogP contribution in [-0.2, 0) is 13.1 Å². The number of rotatable bonds is 10. The van der Waals surface area contributed by atoms with Crippen molar-refractivity contribution in [2.24, 2.45) is 0 Å². The van der Waals surface area contributed by atoms with Gasteiger partial charge in [-0.15, -0.1) is 0 Å². The van der Waals surface area contributed by atoms with E-state index in [4.69, 9.17) is 5.10 Å². The molecule has 2 aromatic carbocycles. The predicted molar refractivity (Wildman–Crippen MR) is 146 cm³/mol. The summed E-state index contributed by atoms with van der Waals surface area (Å²) in [5, 5.41) is 5.01. The molecule has 0 N–H and O–H groups in total. The first-order chi connectivity index (χ1) is 16.9. The van der Waals surface area contributed by atoms with Crippen molar-refractivity contribution in [3.63, 3.8) is 0 Å². The fourth-order valence-corrected chi connectivity index (χ4v) is 4.80. The molecule has 0 unspecified atom stereocenters. The van der Waals surface area contributed by atoms with E-state index < -0.39 is 0 Å². The molecule has 0 aliphatic carbocycles. The van der Waals surface area contributed by atoms with Crippen molar-refractivity contribution in [3.8, 4) is 16.9 Å². The van der Waals surface area contributed by atoms with Crippen LogP contribution in [0, 0.1) is 6.92 Å². The summed E-state index contributed by atoms with van der Waals surface area (Å²) in [4.78, 5) is 9.59. The fourth-order valence-electron chi connectivity index (χ4n) is 4.80. The van der Waals surface area contributed by atoms with E-state index in [-0.39, 0.29) is 0 Å². The average Bonchev–Trinajstić information content (AvgIpc) is 3.22. The molecule has 6 heteroatoms. The van der Waals surface area contributed by atoms with E-state index in [1.165, 1.54) is 28.7 Å². The van der Waals surface area contributed by atoms with Gasteiger partial charge in [-0.2, -0.15) is 5.10 Å². The molecular weight excluding hydrogens is 432 g/mol. The highest BCUT2D eigenvalue weighted by atomic mass is 15.3. The molecule has 1 aromatic heterocycles. The van der Waals surface area contributed by atoms with Crippen LogP contribution in [0.3, 0.4) is 0 Å². The maximum absolute atomic E-state index is 5.01. The van der Waals surface area contributed by atoms with Gasteiger partial charge in [0, 0.05) is 51.0 Å². The lowest BCUT2D eigenvalue weighted by Crippen LogP contribution is -2.43. The zero-order valence-corrected chi connectivity index (χ0v) is 22.2. The minimum Gasteiger partial charge on any atom is -0.309 e. The second-order valence-corrected chi connectivity index (χ2v) is 10.4. The van der Waals surface area contributed by atoms with Crippen LogP contribution in [0.4, 0.5) is 0 Å². The largest absolute Gasteiger partial charge is 0.309 e.